The number of aromatic nitrogens is 4. The maximum absolute atomic E-state index is 12.6. The fraction of sp³-hybridized carbons (Fsp3) is 0.100. The number of pyridine rings is 1. The van der Waals surface area contributed by atoms with Crippen LogP contribution < -0.4 is 5.32 Å². The summed E-state index contributed by atoms with van der Waals surface area (Å²) >= 11 is 11.7. The van der Waals surface area contributed by atoms with Crippen LogP contribution in [-0.2, 0) is 11.3 Å². The molecular formula is C20H14Br3N5O2S. The molecule has 0 atom stereocenters. The Hall–Kier alpha value is -1.95. The lowest BCUT2D eigenvalue weighted by Crippen LogP contribution is -2.15. The van der Waals surface area contributed by atoms with Crippen LogP contribution in [0.1, 0.15) is 5.76 Å². The summed E-state index contributed by atoms with van der Waals surface area (Å²) in [7, 11) is 0. The van der Waals surface area contributed by atoms with Crippen LogP contribution in [0.25, 0.3) is 11.5 Å². The molecule has 0 saturated heterocycles. The quantitative estimate of drug-likeness (QED) is 0.253. The minimum atomic E-state index is -0.166. The number of carbonyl (C=O) groups excluding carboxylic acids is 1. The van der Waals surface area contributed by atoms with Gasteiger partial charge < -0.3 is 9.73 Å². The molecule has 7 nitrogen and oxygen atoms in total. The average Bonchev–Trinajstić information content (AvgIpc) is 3.40. The number of rotatable bonds is 7. The van der Waals surface area contributed by atoms with Crippen molar-refractivity contribution in [2.24, 2.45) is 0 Å². The third kappa shape index (κ3) is 5.46. The number of hydrogen-bond acceptors (Lipinski definition) is 6. The zero-order chi connectivity index (χ0) is 21.8. The molecule has 1 N–H and O–H groups in total. The zero-order valence-electron chi connectivity index (χ0n) is 15.8. The van der Waals surface area contributed by atoms with Gasteiger partial charge in [0.05, 0.1) is 24.2 Å². The van der Waals surface area contributed by atoms with Crippen LogP contribution in [0.3, 0.4) is 0 Å². The Balaban J connectivity index is 1.53. The predicted molar refractivity (Wildman–Crippen MR) is 130 cm³/mol. The first-order valence-electron chi connectivity index (χ1n) is 8.95. The Kier molecular flexibility index (Phi) is 7.26. The number of hydrogen-bond donors (Lipinski definition) is 1. The van der Waals surface area contributed by atoms with Crippen LogP contribution in [0.4, 0.5) is 5.69 Å². The van der Waals surface area contributed by atoms with Crippen LogP contribution in [0, 0.1) is 0 Å². The van der Waals surface area contributed by atoms with Crippen molar-refractivity contribution in [3.63, 3.8) is 0 Å². The van der Waals surface area contributed by atoms with Crippen LogP contribution in [-0.4, -0.2) is 31.4 Å². The molecule has 0 spiro atoms. The fourth-order valence-electron chi connectivity index (χ4n) is 2.75. The SMILES string of the molecule is O=C(CSc1nnc(-c2ccccn2)n1Cc1ccco1)Nc1c(Br)cc(Br)cc1Br. The highest BCUT2D eigenvalue weighted by atomic mass is 79.9. The second kappa shape index (κ2) is 10.1. The molecule has 0 aliphatic carbocycles. The highest BCUT2D eigenvalue weighted by Crippen LogP contribution is 2.34. The van der Waals surface area contributed by atoms with Crippen LogP contribution in [0.15, 0.2) is 77.9 Å². The number of benzene rings is 1. The summed E-state index contributed by atoms with van der Waals surface area (Å²) in [5.74, 6) is 1.36. The van der Waals surface area contributed by atoms with Gasteiger partial charge in [0.15, 0.2) is 11.0 Å². The lowest BCUT2D eigenvalue weighted by molar-refractivity contribution is -0.113. The molecule has 4 aromatic rings. The van der Waals surface area contributed by atoms with E-state index in [0.717, 1.165) is 19.2 Å². The smallest absolute Gasteiger partial charge is 0.234 e. The monoisotopic (exact) mass is 625 g/mol. The van der Waals surface area contributed by atoms with Gasteiger partial charge in [-0.2, -0.15) is 0 Å². The molecule has 4 rings (SSSR count). The summed E-state index contributed by atoms with van der Waals surface area (Å²) in [5.41, 5.74) is 1.36. The van der Waals surface area contributed by atoms with E-state index < -0.39 is 0 Å². The summed E-state index contributed by atoms with van der Waals surface area (Å²) in [6.07, 6.45) is 3.32. The molecule has 0 bridgehead atoms. The molecule has 31 heavy (non-hydrogen) atoms. The number of nitrogens with zero attached hydrogens (tertiary/aromatic N) is 4. The van der Waals surface area contributed by atoms with Gasteiger partial charge in [0.25, 0.3) is 0 Å². The minimum absolute atomic E-state index is 0.160. The summed E-state index contributed by atoms with van der Waals surface area (Å²) in [6, 6.07) is 13.0. The maximum atomic E-state index is 12.6. The van der Waals surface area contributed by atoms with Gasteiger partial charge >= 0.3 is 0 Å². The Labute approximate surface area is 207 Å². The molecular weight excluding hydrogens is 614 g/mol. The molecule has 0 aliphatic heterocycles. The Morgan fingerprint density at radius 2 is 1.90 bits per heavy atom. The molecule has 3 heterocycles. The highest BCUT2D eigenvalue weighted by Gasteiger charge is 2.18. The van der Waals surface area contributed by atoms with E-state index in [1.807, 2.05) is 47.0 Å². The molecule has 3 aromatic heterocycles. The van der Waals surface area contributed by atoms with Gasteiger partial charge in [0.1, 0.15) is 11.5 Å². The second-order valence-electron chi connectivity index (χ2n) is 6.27. The largest absolute Gasteiger partial charge is 0.467 e. The van der Waals surface area contributed by atoms with Gasteiger partial charge in [-0.25, -0.2) is 0 Å². The van der Waals surface area contributed by atoms with Crippen molar-refractivity contribution in [1.82, 2.24) is 19.7 Å². The third-order valence-electron chi connectivity index (χ3n) is 4.11. The van der Waals surface area contributed by atoms with E-state index in [9.17, 15) is 4.79 Å². The van der Waals surface area contributed by atoms with Crippen molar-refractivity contribution in [2.75, 3.05) is 11.1 Å². The second-order valence-corrected chi connectivity index (χ2v) is 9.83. The number of nitrogens with one attached hydrogen (secondary N) is 1. The number of furan rings is 1. The van der Waals surface area contributed by atoms with Gasteiger partial charge in [-0.15, -0.1) is 10.2 Å². The fourth-order valence-corrected chi connectivity index (χ4v) is 5.94. The third-order valence-corrected chi connectivity index (χ3v) is 6.78. The summed E-state index contributed by atoms with van der Waals surface area (Å²) in [6.45, 7) is 0.430. The van der Waals surface area contributed by atoms with E-state index >= 15 is 0 Å². The first kappa shape index (κ1) is 22.3. The lowest BCUT2D eigenvalue weighted by atomic mass is 10.3. The molecule has 0 unspecified atom stereocenters. The predicted octanol–water partition coefficient (Wildman–Crippen LogP) is 6.00. The van der Waals surface area contributed by atoms with Crippen molar-refractivity contribution < 1.29 is 9.21 Å². The summed E-state index contributed by atoms with van der Waals surface area (Å²) in [4.78, 5) is 17.0. The van der Waals surface area contributed by atoms with E-state index in [4.69, 9.17) is 4.42 Å². The van der Waals surface area contributed by atoms with Gasteiger partial charge in [0.2, 0.25) is 5.91 Å². The van der Waals surface area contributed by atoms with E-state index in [2.05, 4.69) is 68.3 Å². The standard InChI is InChI=1S/C20H14Br3N5O2S/c21-12-8-14(22)18(15(23)9-12)25-17(29)11-31-20-27-26-19(16-5-1-2-6-24-16)28(20)10-13-4-3-7-30-13/h1-9H,10-11H2,(H,25,29). The van der Waals surface area contributed by atoms with Crippen molar-refractivity contribution in [2.45, 2.75) is 11.7 Å². The number of carbonyl (C=O) groups is 1. The molecule has 0 radical (unpaired) electrons. The van der Waals surface area contributed by atoms with E-state index in [0.29, 0.717) is 28.9 Å². The first-order chi connectivity index (χ1) is 15.0. The zero-order valence-corrected chi connectivity index (χ0v) is 21.3. The van der Waals surface area contributed by atoms with E-state index in [1.54, 1.807) is 12.5 Å². The van der Waals surface area contributed by atoms with Crippen LogP contribution >= 0.6 is 59.6 Å². The molecule has 0 fully saturated rings. The van der Waals surface area contributed by atoms with Crippen LogP contribution in [0.5, 0.6) is 0 Å². The number of amides is 1. The Morgan fingerprint density at radius 1 is 1.10 bits per heavy atom. The van der Waals surface area contributed by atoms with Gasteiger partial charge in [-0.3, -0.25) is 14.3 Å². The molecule has 158 valence electrons. The maximum Gasteiger partial charge on any atom is 0.234 e. The van der Waals surface area contributed by atoms with E-state index in [-0.39, 0.29) is 11.7 Å². The molecule has 11 heteroatoms. The van der Waals surface area contributed by atoms with Crippen molar-refractivity contribution >= 4 is 71.1 Å². The Morgan fingerprint density at radius 3 is 2.58 bits per heavy atom. The normalized spacial score (nSPS) is 10.9. The van der Waals surface area contributed by atoms with E-state index in [1.165, 1.54) is 11.8 Å². The van der Waals surface area contributed by atoms with Gasteiger partial charge in [-0.05, 0) is 68.3 Å². The van der Waals surface area contributed by atoms with Crippen LogP contribution in [0.2, 0.25) is 0 Å². The summed E-state index contributed by atoms with van der Waals surface area (Å²) < 4.78 is 9.82. The summed E-state index contributed by atoms with van der Waals surface area (Å²) in [5, 5.41) is 12.1. The number of anilines is 1. The van der Waals surface area contributed by atoms with Crippen molar-refractivity contribution in [3.05, 3.63) is 74.1 Å². The number of thioether (sulfide) groups is 1. The van der Waals surface area contributed by atoms with Gasteiger partial charge in [0, 0.05) is 19.6 Å². The Bertz CT molecular complexity index is 1180. The van der Waals surface area contributed by atoms with Gasteiger partial charge in [-0.1, -0.05) is 33.8 Å². The van der Waals surface area contributed by atoms with Crippen molar-refractivity contribution in [3.8, 4) is 11.5 Å². The molecule has 1 amide bonds. The highest BCUT2D eigenvalue weighted by molar-refractivity contribution is 9.11. The topological polar surface area (TPSA) is 85.8 Å². The minimum Gasteiger partial charge on any atom is -0.467 e. The molecule has 1 aromatic carbocycles. The lowest BCUT2D eigenvalue weighted by Gasteiger charge is -2.11. The molecule has 0 saturated carbocycles. The molecule has 0 aliphatic rings. The van der Waals surface area contributed by atoms with Crippen molar-refractivity contribution in [1.29, 1.82) is 0 Å². The number of halogens is 3. The first-order valence-corrected chi connectivity index (χ1v) is 12.3. The average molecular weight is 628 g/mol.